The number of hydrogen-bond donors (Lipinski definition) is 0. The normalized spacial score (nSPS) is 11.9. The molecule has 0 spiro atoms. The topological polar surface area (TPSA) is 9.23 Å². The molecule has 0 heterocycles. The van der Waals surface area contributed by atoms with Crippen LogP contribution >= 0.6 is 27.7 Å². The number of rotatable bonds is 5. The number of halogens is 1. The molecule has 116 valence electrons. The highest BCUT2D eigenvalue weighted by atomic mass is 79.9. The Morgan fingerprint density at radius 1 is 1.14 bits per heavy atom. The molecule has 0 aromatic heterocycles. The predicted octanol–water partition coefficient (Wildman–Crippen LogP) is 6.17. The molecule has 0 radical (unpaired) electrons. The van der Waals surface area contributed by atoms with Crippen molar-refractivity contribution in [2.75, 3.05) is 13.4 Å². The van der Waals surface area contributed by atoms with Gasteiger partial charge in [-0.05, 0) is 41.6 Å². The summed E-state index contributed by atoms with van der Waals surface area (Å²) in [6.45, 7) is 4.43. The lowest BCUT2D eigenvalue weighted by molar-refractivity contribution is 0.413. The van der Waals surface area contributed by atoms with Crippen LogP contribution in [0.15, 0.2) is 57.9 Å². The van der Waals surface area contributed by atoms with E-state index in [-0.39, 0.29) is 5.41 Å². The van der Waals surface area contributed by atoms with Gasteiger partial charge in [-0.1, -0.05) is 60.1 Å². The minimum Gasteiger partial charge on any atom is -0.497 e. The molecule has 0 bridgehead atoms. The van der Waals surface area contributed by atoms with Gasteiger partial charge in [-0.25, -0.2) is 0 Å². The molecule has 2 rings (SSSR count). The number of ether oxygens (including phenoxy) is 1. The lowest BCUT2D eigenvalue weighted by Gasteiger charge is -2.23. The van der Waals surface area contributed by atoms with Crippen LogP contribution in [0.3, 0.4) is 0 Å². The average Bonchev–Trinajstić information content (AvgIpc) is 2.53. The van der Waals surface area contributed by atoms with Gasteiger partial charge in [0.25, 0.3) is 0 Å². The number of benzene rings is 2. The number of thioether (sulfide) groups is 1. The van der Waals surface area contributed by atoms with Gasteiger partial charge in [0.2, 0.25) is 0 Å². The van der Waals surface area contributed by atoms with Crippen LogP contribution in [0.1, 0.15) is 25.0 Å². The first-order valence-corrected chi connectivity index (χ1v) is 9.16. The van der Waals surface area contributed by atoms with E-state index in [1.54, 1.807) is 18.9 Å². The third-order valence-electron chi connectivity index (χ3n) is 3.69. The third-order valence-corrected chi connectivity index (χ3v) is 5.19. The second kappa shape index (κ2) is 7.38. The monoisotopic (exact) mass is 376 g/mol. The maximum absolute atomic E-state index is 5.36. The van der Waals surface area contributed by atoms with E-state index in [0.29, 0.717) is 0 Å². The van der Waals surface area contributed by atoms with Gasteiger partial charge in [0.05, 0.1) is 7.11 Å². The lowest BCUT2D eigenvalue weighted by Crippen LogP contribution is -2.14. The van der Waals surface area contributed by atoms with Crippen molar-refractivity contribution in [3.05, 3.63) is 64.1 Å². The van der Waals surface area contributed by atoms with Crippen molar-refractivity contribution in [1.82, 2.24) is 0 Å². The van der Waals surface area contributed by atoms with Gasteiger partial charge in [0.15, 0.2) is 0 Å². The smallest absolute Gasteiger partial charge is 0.119 e. The van der Waals surface area contributed by atoms with Crippen LogP contribution in [0.2, 0.25) is 0 Å². The number of hydrogen-bond acceptors (Lipinski definition) is 2. The van der Waals surface area contributed by atoms with E-state index in [4.69, 9.17) is 4.74 Å². The molecular weight excluding hydrogens is 356 g/mol. The highest BCUT2D eigenvalue weighted by molar-refractivity contribution is 9.10. The first-order valence-electron chi connectivity index (χ1n) is 7.14. The summed E-state index contributed by atoms with van der Waals surface area (Å²) < 4.78 is 6.45. The van der Waals surface area contributed by atoms with Gasteiger partial charge in [-0.3, -0.25) is 0 Å². The summed E-state index contributed by atoms with van der Waals surface area (Å²) in [5.74, 6) is 0.879. The minimum atomic E-state index is -0.0983. The first kappa shape index (κ1) is 17.2. The minimum absolute atomic E-state index is 0.0983. The Morgan fingerprint density at radius 3 is 2.55 bits per heavy atom. The molecule has 0 saturated heterocycles. The fourth-order valence-corrected chi connectivity index (χ4v) is 3.66. The highest BCUT2D eigenvalue weighted by Gasteiger charge is 2.20. The van der Waals surface area contributed by atoms with Gasteiger partial charge in [-0.2, -0.15) is 0 Å². The Labute approximate surface area is 145 Å². The molecule has 1 nitrogen and oxygen atoms in total. The molecule has 0 saturated carbocycles. The SMILES string of the molecule is COc1ccc(Br)c(C(C)(C)/C=C/c2ccccc2SC)c1. The lowest BCUT2D eigenvalue weighted by atomic mass is 9.84. The van der Waals surface area contributed by atoms with Gasteiger partial charge < -0.3 is 4.74 Å². The summed E-state index contributed by atoms with van der Waals surface area (Å²) in [6.07, 6.45) is 6.57. The molecule has 0 N–H and O–H groups in total. The van der Waals surface area contributed by atoms with Crippen molar-refractivity contribution in [2.45, 2.75) is 24.2 Å². The van der Waals surface area contributed by atoms with E-state index >= 15 is 0 Å². The largest absolute Gasteiger partial charge is 0.497 e. The van der Waals surface area contributed by atoms with E-state index in [9.17, 15) is 0 Å². The van der Waals surface area contributed by atoms with Crippen LogP contribution in [0, 0.1) is 0 Å². The summed E-state index contributed by atoms with van der Waals surface area (Å²) in [7, 11) is 1.70. The maximum Gasteiger partial charge on any atom is 0.119 e. The molecule has 0 aliphatic rings. The molecule has 0 unspecified atom stereocenters. The molecule has 0 atom stereocenters. The number of allylic oxidation sites excluding steroid dienone is 1. The number of methoxy groups -OCH3 is 1. The molecule has 0 fully saturated rings. The Morgan fingerprint density at radius 2 is 1.86 bits per heavy atom. The maximum atomic E-state index is 5.36. The fraction of sp³-hybridized carbons (Fsp3) is 0.263. The van der Waals surface area contributed by atoms with Crippen LogP contribution in [-0.2, 0) is 5.41 Å². The van der Waals surface area contributed by atoms with E-state index in [2.05, 4.69) is 78.5 Å². The third kappa shape index (κ3) is 3.96. The van der Waals surface area contributed by atoms with Crippen LogP contribution in [0.25, 0.3) is 6.08 Å². The van der Waals surface area contributed by atoms with Crippen molar-refractivity contribution in [3.8, 4) is 5.75 Å². The van der Waals surface area contributed by atoms with Crippen LogP contribution < -0.4 is 4.74 Å². The van der Waals surface area contributed by atoms with E-state index in [1.807, 2.05) is 12.1 Å². The van der Waals surface area contributed by atoms with Gasteiger partial charge in [0.1, 0.15) is 5.75 Å². The van der Waals surface area contributed by atoms with Crippen molar-refractivity contribution in [1.29, 1.82) is 0 Å². The zero-order valence-electron chi connectivity index (χ0n) is 13.4. The molecule has 3 heteroatoms. The zero-order valence-corrected chi connectivity index (χ0v) is 15.8. The molecule has 2 aromatic carbocycles. The van der Waals surface area contributed by atoms with E-state index in [1.165, 1.54) is 16.0 Å². The van der Waals surface area contributed by atoms with Crippen LogP contribution in [-0.4, -0.2) is 13.4 Å². The molecule has 0 amide bonds. The zero-order chi connectivity index (χ0) is 16.2. The van der Waals surface area contributed by atoms with Crippen molar-refractivity contribution < 1.29 is 4.74 Å². The first-order chi connectivity index (χ1) is 10.5. The second-order valence-electron chi connectivity index (χ2n) is 5.64. The summed E-state index contributed by atoms with van der Waals surface area (Å²) in [5.41, 5.74) is 2.37. The van der Waals surface area contributed by atoms with Crippen molar-refractivity contribution in [2.24, 2.45) is 0 Å². The Kier molecular flexibility index (Phi) is 5.76. The van der Waals surface area contributed by atoms with Gasteiger partial charge in [-0.15, -0.1) is 11.8 Å². The van der Waals surface area contributed by atoms with Crippen molar-refractivity contribution in [3.63, 3.8) is 0 Å². The molecule has 0 aliphatic heterocycles. The molecule has 22 heavy (non-hydrogen) atoms. The average molecular weight is 377 g/mol. The van der Waals surface area contributed by atoms with Crippen LogP contribution in [0.5, 0.6) is 5.75 Å². The van der Waals surface area contributed by atoms with Crippen molar-refractivity contribution >= 4 is 33.8 Å². The molecular formula is C19H21BrOS. The molecule has 2 aromatic rings. The summed E-state index contributed by atoms with van der Waals surface area (Å²) in [6, 6.07) is 14.6. The quantitative estimate of drug-likeness (QED) is 0.576. The van der Waals surface area contributed by atoms with Gasteiger partial charge in [0, 0.05) is 14.8 Å². The Bertz CT molecular complexity index is 677. The highest BCUT2D eigenvalue weighted by Crippen LogP contribution is 2.35. The van der Waals surface area contributed by atoms with E-state index < -0.39 is 0 Å². The van der Waals surface area contributed by atoms with E-state index in [0.717, 1.165) is 10.2 Å². The van der Waals surface area contributed by atoms with Gasteiger partial charge >= 0.3 is 0 Å². The second-order valence-corrected chi connectivity index (χ2v) is 7.35. The standard InChI is InChI=1S/C19H21BrOS/c1-19(2,16-13-15(21-3)9-10-17(16)20)12-11-14-7-5-6-8-18(14)22-4/h5-13H,1-4H3/b12-11+. The summed E-state index contributed by atoms with van der Waals surface area (Å²) in [4.78, 5) is 1.29. The fourth-order valence-electron chi connectivity index (χ4n) is 2.32. The summed E-state index contributed by atoms with van der Waals surface area (Å²) in [5, 5.41) is 0. The predicted molar refractivity (Wildman–Crippen MR) is 101 cm³/mol. The van der Waals surface area contributed by atoms with Crippen LogP contribution in [0.4, 0.5) is 0 Å². The Hall–Kier alpha value is -1.19. The molecule has 0 aliphatic carbocycles. The summed E-state index contributed by atoms with van der Waals surface area (Å²) >= 11 is 5.43. The Balaban J connectivity index is 2.36.